The molecule has 16 heavy (non-hydrogen) atoms. The zero-order chi connectivity index (χ0) is 11.4. The number of hydrogen-bond donors (Lipinski definition) is 1. The molecule has 0 aliphatic rings. The first kappa shape index (κ1) is 10.5. The number of pyridine rings is 1. The molecule has 0 saturated carbocycles. The third-order valence-corrected chi connectivity index (χ3v) is 2.29. The van der Waals surface area contributed by atoms with Crippen molar-refractivity contribution in [2.24, 2.45) is 0 Å². The number of ether oxygens (including phenoxy) is 1. The Kier molecular flexibility index (Phi) is 3.10. The highest BCUT2D eigenvalue weighted by Crippen LogP contribution is 2.23. The molecule has 84 valence electrons. The smallest absolute Gasteiger partial charge is 0.160 e. The van der Waals surface area contributed by atoms with Gasteiger partial charge in [0.1, 0.15) is 0 Å². The number of furan rings is 1. The number of nitrogens with one attached hydrogen (secondary N) is 1. The van der Waals surface area contributed by atoms with E-state index in [0.717, 1.165) is 22.7 Å². The highest BCUT2D eigenvalue weighted by atomic mass is 16.5. The first-order valence-electron chi connectivity index (χ1n) is 5.05. The second-order valence-electron chi connectivity index (χ2n) is 3.51. The van der Waals surface area contributed by atoms with E-state index >= 15 is 0 Å². The van der Waals surface area contributed by atoms with Gasteiger partial charge in [0.05, 0.1) is 31.5 Å². The van der Waals surface area contributed by atoms with Gasteiger partial charge in [-0.25, -0.2) is 0 Å². The molecule has 0 aliphatic heterocycles. The molecule has 2 heterocycles. The standard InChI is InChI=1S/C12H14N2O2/c1-9-5-11(12(15-2)7-13-9)14-6-10-3-4-16-8-10/h3-5,7-8H,6H2,1-2H3,(H,13,14). The molecule has 2 rings (SSSR count). The maximum atomic E-state index is 5.22. The van der Waals surface area contributed by atoms with Gasteiger partial charge in [-0.05, 0) is 19.1 Å². The molecule has 0 fully saturated rings. The van der Waals surface area contributed by atoms with E-state index in [1.54, 1.807) is 25.8 Å². The summed E-state index contributed by atoms with van der Waals surface area (Å²) in [6, 6.07) is 3.88. The quantitative estimate of drug-likeness (QED) is 0.856. The van der Waals surface area contributed by atoms with Crippen LogP contribution in [-0.2, 0) is 6.54 Å². The first-order valence-corrected chi connectivity index (χ1v) is 5.05. The van der Waals surface area contributed by atoms with Crippen LogP contribution in [0.15, 0.2) is 35.3 Å². The molecule has 1 N–H and O–H groups in total. The molecule has 0 aliphatic carbocycles. The van der Waals surface area contributed by atoms with Gasteiger partial charge in [0.25, 0.3) is 0 Å². The van der Waals surface area contributed by atoms with Crippen molar-refractivity contribution >= 4 is 5.69 Å². The maximum Gasteiger partial charge on any atom is 0.160 e. The number of hydrogen-bond acceptors (Lipinski definition) is 4. The van der Waals surface area contributed by atoms with Crippen LogP contribution in [0, 0.1) is 6.92 Å². The predicted molar refractivity (Wildman–Crippen MR) is 61.6 cm³/mol. The summed E-state index contributed by atoms with van der Waals surface area (Å²) in [6.07, 6.45) is 5.09. The molecule has 0 atom stereocenters. The minimum atomic E-state index is 0.705. The number of aromatic nitrogens is 1. The molecule has 0 saturated heterocycles. The van der Waals surface area contributed by atoms with Crippen LogP contribution in [0.3, 0.4) is 0 Å². The molecular weight excluding hydrogens is 204 g/mol. The van der Waals surface area contributed by atoms with E-state index in [1.165, 1.54) is 0 Å². The summed E-state index contributed by atoms with van der Waals surface area (Å²) < 4.78 is 10.2. The molecule has 0 aromatic carbocycles. The number of anilines is 1. The second kappa shape index (κ2) is 4.70. The number of methoxy groups -OCH3 is 1. The maximum absolute atomic E-state index is 5.22. The highest BCUT2D eigenvalue weighted by molar-refractivity contribution is 5.56. The first-order chi connectivity index (χ1) is 7.79. The Morgan fingerprint density at radius 1 is 1.50 bits per heavy atom. The summed E-state index contributed by atoms with van der Waals surface area (Å²) in [7, 11) is 1.63. The molecular formula is C12H14N2O2. The molecule has 0 amide bonds. The SMILES string of the molecule is COc1cnc(C)cc1NCc1ccoc1. The summed E-state index contributed by atoms with van der Waals surface area (Å²) in [5.74, 6) is 0.745. The lowest BCUT2D eigenvalue weighted by Gasteiger charge is -2.10. The third kappa shape index (κ3) is 2.34. The van der Waals surface area contributed by atoms with Crippen LogP contribution in [0.1, 0.15) is 11.3 Å². The Morgan fingerprint density at radius 2 is 2.38 bits per heavy atom. The van der Waals surface area contributed by atoms with Crippen molar-refractivity contribution in [1.82, 2.24) is 4.98 Å². The zero-order valence-electron chi connectivity index (χ0n) is 9.36. The van der Waals surface area contributed by atoms with Crippen LogP contribution in [0.2, 0.25) is 0 Å². The van der Waals surface area contributed by atoms with Gasteiger partial charge in [0.15, 0.2) is 5.75 Å². The Bertz CT molecular complexity index is 452. The van der Waals surface area contributed by atoms with Crippen molar-refractivity contribution < 1.29 is 9.15 Å². The fourth-order valence-electron chi connectivity index (χ4n) is 1.44. The molecule has 0 spiro atoms. The predicted octanol–water partition coefficient (Wildman–Crippen LogP) is 2.60. The van der Waals surface area contributed by atoms with Crippen LogP contribution < -0.4 is 10.1 Å². The largest absolute Gasteiger partial charge is 0.493 e. The van der Waals surface area contributed by atoms with Crippen LogP contribution >= 0.6 is 0 Å². The van der Waals surface area contributed by atoms with Crippen molar-refractivity contribution in [3.63, 3.8) is 0 Å². The monoisotopic (exact) mass is 218 g/mol. The van der Waals surface area contributed by atoms with E-state index in [4.69, 9.17) is 9.15 Å². The van der Waals surface area contributed by atoms with Gasteiger partial charge in [0, 0.05) is 17.8 Å². The summed E-state index contributed by atoms with van der Waals surface area (Å²) in [5, 5.41) is 3.28. The lowest BCUT2D eigenvalue weighted by molar-refractivity contribution is 0.414. The van der Waals surface area contributed by atoms with Crippen LogP contribution in [0.5, 0.6) is 5.75 Å². The Hall–Kier alpha value is -1.97. The molecule has 4 nitrogen and oxygen atoms in total. The van der Waals surface area contributed by atoms with E-state index in [1.807, 2.05) is 19.1 Å². The normalized spacial score (nSPS) is 10.1. The van der Waals surface area contributed by atoms with Crippen molar-refractivity contribution in [3.05, 3.63) is 42.1 Å². The van der Waals surface area contributed by atoms with Crippen molar-refractivity contribution in [2.75, 3.05) is 12.4 Å². The molecule has 0 bridgehead atoms. The topological polar surface area (TPSA) is 47.3 Å². The zero-order valence-corrected chi connectivity index (χ0v) is 9.36. The van der Waals surface area contributed by atoms with Crippen molar-refractivity contribution in [2.45, 2.75) is 13.5 Å². The Labute approximate surface area is 94.3 Å². The molecule has 4 heteroatoms. The minimum Gasteiger partial charge on any atom is -0.493 e. The van der Waals surface area contributed by atoms with Crippen LogP contribution in [0.25, 0.3) is 0 Å². The number of nitrogens with zero attached hydrogens (tertiary/aromatic N) is 1. The van der Waals surface area contributed by atoms with E-state index in [-0.39, 0.29) is 0 Å². The highest BCUT2D eigenvalue weighted by Gasteiger charge is 2.03. The van der Waals surface area contributed by atoms with Crippen molar-refractivity contribution in [1.29, 1.82) is 0 Å². The molecule has 2 aromatic rings. The van der Waals surface area contributed by atoms with Gasteiger partial charge in [-0.15, -0.1) is 0 Å². The van der Waals surface area contributed by atoms with Gasteiger partial charge in [0.2, 0.25) is 0 Å². The fourth-order valence-corrected chi connectivity index (χ4v) is 1.44. The summed E-state index contributed by atoms with van der Waals surface area (Å²) >= 11 is 0. The lowest BCUT2D eigenvalue weighted by Crippen LogP contribution is -2.01. The van der Waals surface area contributed by atoms with Crippen molar-refractivity contribution in [3.8, 4) is 5.75 Å². The van der Waals surface area contributed by atoms with Gasteiger partial charge in [-0.2, -0.15) is 0 Å². The summed E-state index contributed by atoms with van der Waals surface area (Å²) in [4.78, 5) is 4.17. The summed E-state index contributed by atoms with van der Waals surface area (Å²) in [5.41, 5.74) is 2.99. The molecule has 0 unspecified atom stereocenters. The number of rotatable bonds is 4. The van der Waals surface area contributed by atoms with Crippen LogP contribution in [0.4, 0.5) is 5.69 Å². The van der Waals surface area contributed by atoms with Gasteiger partial charge in [-0.1, -0.05) is 0 Å². The van der Waals surface area contributed by atoms with Gasteiger partial charge >= 0.3 is 0 Å². The fraction of sp³-hybridized carbons (Fsp3) is 0.250. The van der Waals surface area contributed by atoms with Gasteiger partial charge < -0.3 is 14.5 Å². The summed E-state index contributed by atoms with van der Waals surface area (Å²) in [6.45, 7) is 2.65. The minimum absolute atomic E-state index is 0.705. The Morgan fingerprint density at radius 3 is 3.06 bits per heavy atom. The van der Waals surface area contributed by atoms with Crippen LogP contribution in [-0.4, -0.2) is 12.1 Å². The van der Waals surface area contributed by atoms with E-state index in [0.29, 0.717) is 6.54 Å². The van der Waals surface area contributed by atoms with E-state index in [9.17, 15) is 0 Å². The average Bonchev–Trinajstić information content (AvgIpc) is 2.79. The van der Waals surface area contributed by atoms with Gasteiger partial charge in [-0.3, -0.25) is 4.98 Å². The molecule has 0 radical (unpaired) electrons. The second-order valence-corrected chi connectivity index (χ2v) is 3.51. The number of aryl methyl sites for hydroxylation is 1. The lowest BCUT2D eigenvalue weighted by atomic mass is 10.3. The molecule has 2 aromatic heterocycles. The van der Waals surface area contributed by atoms with E-state index < -0.39 is 0 Å². The van der Waals surface area contributed by atoms with E-state index in [2.05, 4.69) is 10.3 Å². The average molecular weight is 218 g/mol. The Balaban J connectivity index is 2.11. The third-order valence-electron chi connectivity index (χ3n) is 2.29.